The van der Waals surface area contributed by atoms with Gasteiger partial charge in [0.15, 0.2) is 4.34 Å². The van der Waals surface area contributed by atoms with Crippen LogP contribution in [0.15, 0.2) is 33.0 Å². The van der Waals surface area contributed by atoms with Crippen molar-refractivity contribution in [3.05, 3.63) is 35.2 Å². The number of rotatable bonds is 7. The van der Waals surface area contributed by atoms with E-state index in [0.717, 1.165) is 22.7 Å². The molecule has 0 radical (unpaired) electrons. The van der Waals surface area contributed by atoms with E-state index in [2.05, 4.69) is 20.4 Å². The summed E-state index contributed by atoms with van der Waals surface area (Å²) in [4.78, 5) is 13.9. The third-order valence-corrected chi connectivity index (χ3v) is 6.25. The van der Waals surface area contributed by atoms with Crippen LogP contribution in [0.3, 0.4) is 0 Å². The van der Waals surface area contributed by atoms with Crippen LogP contribution in [0.2, 0.25) is 5.02 Å². The van der Waals surface area contributed by atoms with Gasteiger partial charge in [-0.05, 0) is 37.1 Å². The highest BCUT2D eigenvalue weighted by atomic mass is 35.5. The summed E-state index contributed by atoms with van der Waals surface area (Å²) in [5.41, 5.74) is 0.819. The van der Waals surface area contributed by atoms with Gasteiger partial charge in [0, 0.05) is 23.0 Å². The Morgan fingerprint density at radius 2 is 2.04 bits per heavy atom. The Hall–Kier alpha value is -1.97. The zero-order chi connectivity index (χ0) is 18.8. The summed E-state index contributed by atoms with van der Waals surface area (Å²) in [6.45, 7) is 1.86. The second-order valence-electron chi connectivity index (χ2n) is 6.00. The summed E-state index contributed by atoms with van der Waals surface area (Å²) in [6.07, 6.45) is 2.53. The van der Waals surface area contributed by atoms with E-state index in [0.29, 0.717) is 34.1 Å². The number of carbonyl (C=O) groups excluding carboxylic acids is 1. The molecule has 0 bridgehead atoms. The lowest BCUT2D eigenvalue weighted by molar-refractivity contribution is -0.118. The number of hydrogen-bond donors (Lipinski definition) is 0. The molecule has 0 aliphatic heterocycles. The number of carbonyl (C=O) groups is 1. The zero-order valence-corrected chi connectivity index (χ0v) is 16.9. The average Bonchev–Trinajstić information content (AvgIpc) is 3.20. The third-order valence-electron chi connectivity index (χ3n) is 3.96. The third kappa shape index (κ3) is 4.31. The maximum absolute atomic E-state index is 12.2. The van der Waals surface area contributed by atoms with Crippen molar-refractivity contribution in [3.63, 3.8) is 0 Å². The molecule has 2 heterocycles. The molecule has 140 valence electrons. The van der Waals surface area contributed by atoms with Crippen LogP contribution < -0.4 is 4.90 Å². The smallest absolute Gasteiger partial charge is 0.247 e. The summed E-state index contributed by atoms with van der Waals surface area (Å²) < 4.78 is 6.46. The molecule has 0 spiro atoms. The quantitative estimate of drug-likeness (QED) is 0.411. The molecule has 1 aliphatic rings. The summed E-state index contributed by atoms with van der Waals surface area (Å²) in [7, 11) is 0. The van der Waals surface area contributed by atoms with Crippen molar-refractivity contribution in [1.29, 1.82) is 0 Å². The molecular formula is C17H16ClN5O2S2. The molecule has 1 fully saturated rings. The number of anilines is 1. The fraction of sp³-hybridized carbons (Fsp3) is 0.353. The highest BCUT2D eigenvalue weighted by molar-refractivity contribution is 8.00. The van der Waals surface area contributed by atoms with Crippen LogP contribution in [0.1, 0.15) is 32.1 Å². The van der Waals surface area contributed by atoms with Crippen LogP contribution in [0, 0.1) is 0 Å². The summed E-state index contributed by atoms with van der Waals surface area (Å²) in [5, 5.41) is 17.8. The molecule has 0 unspecified atom stereocenters. The minimum atomic E-state index is 0.0923. The van der Waals surface area contributed by atoms with Crippen molar-refractivity contribution in [2.45, 2.75) is 42.3 Å². The van der Waals surface area contributed by atoms with Gasteiger partial charge in [-0.25, -0.2) is 0 Å². The van der Waals surface area contributed by atoms with E-state index in [1.54, 1.807) is 17.0 Å². The highest BCUT2D eigenvalue weighted by Crippen LogP contribution is 2.36. The summed E-state index contributed by atoms with van der Waals surface area (Å²) in [6, 6.07) is 7.51. The molecule has 3 aromatic rings. The lowest BCUT2D eigenvalue weighted by Crippen LogP contribution is -2.32. The lowest BCUT2D eigenvalue weighted by atomic mass is 10.2. The van der Waals surface area contributed by atoms with E-state index >= 15 is 0 Å². The maximum Gasteiger partial charge on any atom is 0.247 e. The topological polar surface area (TPSA) is 85.0 Å². The van der Waals surface area contributed by atoms with Crippen LogP contribution in [-0.2, 0) is 10.5 Å². The van der Waals surface area contributed by atoms with Crippen LogP contribution in [0.4, 0.5) is 5.13 Å². The van der Waals surface area contributed by atoms with Gasteiger partial charge in [-0.1, -0.05) is 41.6 Å². The standard InChI is InChI=1S/C17H16ClN5O2S2/c1-2-14(24)23(12-7-8-12)16-21-22-17(27-16)26-9-13-19-20-15(25-13)10-3-5-11(18)6-4-10/h3-6,12H,2,7-9H2,1H3. The molecule has 4 rings (SSSR count). The van der Waals surface area contributed by atoms with Gasteiger partial charge < -0.3 is 4.42 Å². The molecule has 0 saturated heterocycles. The largest absolute Gasteiger partial charge is 0.420 e. The Kier molecular flexibility index (Phi) is 5.42. The van der Waals surface area contributed by atoms with E-state index in [4.69, 9.17) is 16.0 Å². The molecule has 1 amide bonds. The first kappa shape index (κ1) is 18.4. The molecule has 1 aromatic carbocycles. The summed E-state index contributed by atoms with van der Waals surface area (Å²) >= 11 is 8.77. The Balaban J connectivity index is 1.40. The van der Waals surface area contributed by atoms with Crippen LogP contribution in [-0.4, -0.2) is 32.3 Å². The Morgan fingerprint density at radius 1 is 1.26 bits per heavy atom. The van der Waals surface area contributed by atoms with Crippen molar-refractivity contribution in [2.75, 3.05) is 4.90 Å². The second-order valence-corrected chi connectivity index (χ2v) is 8.61. The Bertz CT molecular complexity index is 939. The number of hydrogen-bond acceptors (Lipinski definition) is 8. The highest BCUT2D eigenvalue weighted by Gasteiger charge is 2.35. The van der Waals surface area contributed by atoms with Gasteiger partial charge in [0.05, 0.1) is 5.75 Å². The molecule has 0 atom stereocenters. The summed E-state index contributed by atoms with van der Waals surface area (Å²) in [5.74, 6) is 1.54. The fourth-order valence-corrected chi connectivity index (χ4v) is 4.37. The van der Waals surface area contributed by atoms with E-state index < -0.39 is 0 Å². The first-order valence-corrected chi connectivity index (χ1v) is 10.7. The van der Waals surface area contributed by atoms with E-state index in [1.807, 2.05) is 19.1 Å². The predicted octanol–water partition coefficient (Wildman–Crippen LogP) is 4.44. The van der Waals surface area contributed by atoms with E-state index in [-0.39, 0.29) is 11.9 Å². The molecule has 27 heavy (non-hydrogen) atoms. The number of benzene rings is 1. The van der Waals surface area contributed by atoms with Crippen LogP contribution in [0.25, 0.3) is 11.5 Å². The number of nitrogens with zero attached hydrogens (tertiary/aromatic N) is 5. The molecular weight excluding hydrogens is 406 g/mol. The van der Waals surface area contributed by atoms with Crippen LogP contribution >= 0.6 is 34.7 Å². The molecule has 10 heteroatoms. The molecule has 2 aromatic heterocycles. The Labute approximate surface area is 169 Å². The maximum atomic E-state index is 12.2. The zero-order valence-electron chi connectivity index (χ0n) is 14.5. The first-order chi connectivity index (χ1) is 13.1. The predicted molar refractivity (Wildman–Crippen MR) is 105 cm³/mol. The minimum absolute atomic E-state index is 0.0923. The SMILES string of the molecule is CCC(=O)N(c1nnc(SCc2nnc(-c3ccc(Cl)cc3)o2)s1)C1CC1. The van der Waals surface area contributed by atoms with Gasteiger partial charge in [-0.15, -0.1) is 20.4 Å². The van der Waals surface area contributed by atoms with Crippen molar-refractivity contribution < 1.29 is 9.21 Å². The molecule has 1 saturated carbocycles. The molecule has 1 aliphatic carbocycles. The van der Waals surface area contributed by atoms with Crippen molar-refractivity contribution in [1.82, 2.24) is 20.4 Å². The van der Waals surface area contributed by atoms with Crippen LogP contribution in [0.5, 0.6) is 0 Å². The average molecular weight is 422 g/mol. The number of thioether (sulfide) groups is 1. The fourth-order valence-electron chi connectivity index (χ4n) is 2.47. The minimum Gasteiger partial charge on any atom is -0.420 e. The lowest BCUT2D eigenvalue weighted by Gasteiger charge is -2.17. The number of amides is 1. The number of aromatic nitrogens is 4. The number of halogens is 1. The van der Waals surface area contributed by atoms with Gasteiger partial charge >= 0.3 is 0 Å². The van der Waals surface area contributed by atoms with Crippen molar-refractivity contribution >= 4 is 45.7 Å². The monoisotopic (exact) mass is 421 g/mol. The van der Waals surface area contributed by atoms with Gasteiger partial charge in [-0.3, -0.25) is 9.69 Å². The first-order valence-electron chi connectivity index (χ1n) is 8.50. The van der Waals surface area contributed by atoms with Crippen molar-refractivity contribution in [2.24, 2.45) is 0 Å². The van der Waals surface area contributed by atoms with Gasteiger partial charge in [-0.2, -0.15) is 0 Å². The van der Waals surface area contributed by atoms with E-state index in [9.17, 15) is 4.79 Å². The van der Waals surface area contributed by atoms with Gasteiger partial charge in [0.1, 0.15) is 0 Å². The van der Waals surface area contributed by atoms with Crippen molar-refractivity contribution in [3.8, 4) is 11.5 Å². The van der Waals surface area contributed by atoms with Gasteiger partial charge in [0.25, 0.3) is 0 Å². The second kappa shape index (κ2) is 7.95. The van der Waals surface area contributed by atoms with E-state index in [1.165, 1.54) is 23.1 Å². The Morgan fingerprint density at radius 3 is 2.74 bits per heavy atom. The van der Waals surface area contributed by atoms with Gasteiger partial charge in [0.2, 0.25) is 22.8 Å². The normalized spacial score (nSPS) is 13.7. The molecule has 7 nitrogen and oxygen atoms in total. The molecule has 0 N–H and O–H groups in total.